The van der Waals surface area contributed by atoms with Crippen molar-refractivity contribution in [1.82, 2.24) is 5.32 Å². The lowest BCUT2D eigenvalue weighted by Gasteiger charge is -2.14. The van der Waals surface area contributed by atoms with Crippen molar-refractivity contribution in [2.24, 2.45) is 0 Å². The van der Waals surface area contributed by atoms with Crippen LogP contribution in [0.15, 0.2) is 78.5 Å². The van der Waals surface area contributed by atoms with Gasteiger partial charge in [0, 0.05) is 16.8 Å². The van der Waals surface area contributed by atoms with Gasteiger partial charge in [-0.2, -0.15) is 0 Å². The van der Waals surface area contributed by atoms with Crippen LogP contribution in [0.25, 0.3) is 6.08 Å². The van der Waals surface area contributed by atoms with Crippen molar-refractivity contribution in [2.75, 3.05) is 26.1 Å². The van der Waals surface area contributed by atoms with E-state index in [1.807, 2.05) is 13.0 Å². The molecular weight excluding hydrogens is 420 g/mol. The molecule has 2 N–H and O–H groups in total. The molecule has 0 fully saturated rings. The van der Waals surface area contributed by atoms with E-state index >= 15 is 0 Å². The van der Waals surface area contributed by atoms with Crippen molar-refractivity contribution in [3.05, 3.63) is 89.6 Å². The Hall–Kier alpha value is -4.26. The number of carbonyl (C=O) groups excluding carboxylic acids is 2. The zero-order chi connectivity index (χ0) is 23.6. The predicted molar refractivity (Wildman–Crippen MR) is 128 cm³/mol. The van der Waals surface area contributed by atoms with E-state index in [9.17, 15) is 9.59 Å². The first-order chi connectivity index (χ1) is 16.0. The Bertz CT molecular complexity index is 1130. The van der Waals surface area contributed by atoms with Crippen LogP contribution < -0.4 is 24.8 Å². The molecule has 0 heterocycles. The molecule has 2 amide bonds. The van der Waals surface area contributed by atoms with E-state index in [0.29, 0.717) is 40.7 Å². The summed E-state index contributed by atoms with van der Waals surface area (Å²) in [4.78, 5) is 25.9. The summed E-state index contributed by atoms with van der Waals surface area (Å²) in [6.07, 6.45) is 1.55. The van der Waals surface area contributed by atoms with Crippen LogP contribution >= 0.6 is 0 Å². The third kappa shape index (κ3) is 6.13. The number of nitrogens with one attached hydrogen (secondary N) is 2. The van der Waals surface area contributed by atoms with E-state index in [0.717, 1.165) is 0 Å². The van der Waals surface area contributed by atoms with Crippen LogP contribution in [0.1, 0.15) is 22.8 Å². The van der Waals surface area contributed by atoms with E-state index in [-0.39, 0.29) is 5.70 Å². The summed E-state index contributed by atoms with van der Waals surface area (Å²) in [7, 11) is 3.04. The molecule has 3 aromatic carbocycles. The Balaban J connectivity index is 1.93. The van der Waals surface area contributed by atoms with Gasteiger partial charge in [0.2, 0.25) is 0 Å². The van der Waals surface area contributed by atoms with Crippen LogP contribution in [0, 0.1) is 0 Å². The number of anilines is 1. The molecule has 0 atom stereocenters. The highest BCUT2D eigenvalue weighted by molar-refractivity contribution is 6.10. The Morgan fingerprint density at radius 2 is 1.61 bits per heavy atom. The number of para-hydroxylation sites is 1. The highest BCUT2D eigenvalue weighted by atomic mass is 16.5. The maximum Gasteiger partial charge on any atom is 0.272 e. The number of carbonyl (C=O) groups is 2. The molecule has 33 heavy (non-hydrogen) atoms. The Kier molecular flexibility index (Phi) is 8.07. The van der Waals surface area contributed by atoms with Crippen molar-refractivity contribution >= 4 is 23.6 Å². The predicted octanol–water partition coefficient (Wildman–Crippen LogP) is 4.51. The van der Waals surface area contributed by atoms with Crippen molar-refractivity contribution < 1.29 is 23.8 Å². The normalized spacial score (nSPS) is 10.8. The zero-order valence-electron chi connectivity index (χ0n) is 18.8. The molecule has 7 heteroatoms. The Labute approximate surface area is 193 Å². The minimum atomic E-state index is -0.492. The summed E-state index contributed by atoms with van der Waals surface area (Å²) in [6.45, 7) is 2.45. The van der Waals surface area contributed by atoms with Crippen LogP contribution in [-0.4, -0.2) is 32.6 Å². The van der Waals surface area contributed by atoms with Gasteiger partial charge in [0.05, 0.1) is 20.8 Å². The largest absolute Gasteiger partial charge is 0.494 e. The molecule has 0 bridgehead atoms. The Morgan fingerprint density at radius 1 is 0.879 bits per heavy atom. The molecule has 0 aliphatic carbocycles. The fourth-order valence-corrected chi connectivity index (χ4v) is 3.12. The summed E-state index contributed by atoms with van der Waals surface area (Å²) < 4.78 is 16.2. The van der Waals surface area contributed by atoms with E-state index in [1.165, 1.54) is 14.2 Å². The number of hydrogen-bond donors (Lipinski definition) is 2. The van der Waals surface area contributed by atoms with Crippen molar-refractivity contribution in [3.8, 4) is 17.2 Å². The lowest BCUT2D eigenvalue weighted by Crippen LogP contribution is -2.30. The number of methoxy groups -OCH3 is 2. The zero-order valence-corrected chi connectivity index (χ0v) is 18.8. The van der Waals surface area contributed by atoms with Gasteiger partial charge in [-0.3, -0.25) is 9.59 Å². The number of rotatable bonds is 9. The second-order valence-corrected chi connectivity index (χ2v) is 6.87. The fourth-order valence-electron chi connectivity index (χ4n) is 3.12. The quantitative estimate of drug-likeness (QED) is 0.472. The molecule has 0 saturated carbocycles. The first kappa shape index (κ1) is 23.4. The van der Waals surface area contributed by atoms with Crippen LogP contribution in [0.4, 0.5) is 5.69 Å². The highest BCUT2D eigenvalue weighted by Gasteiger charge is 2.17. The third-order valence-corrected chi connectivity index (χ3v) is 4.69. The molecular formula is C26H26N2O5. The average molecular weight is 447 g/mol. The molecule has 0 radical (unpaired) electrons. The summed E-state index contributed by atoms with van der Waals surface area (Å²) >= 11 is 0. The molecule has 0 saturated heterocycles. The summed E-state index contributed by atoms with van der Waals surface area (Å²) in [5.41, 5.74) is 1.60. The maximum absolute atomic E-state index is 13.2. The summed E-state index contributed by atoms with van der Waals surface area (Å²) in [5, 5.41) is 5.52. The lowest BCUT2D eigenvalue weighted by molar-refractivity contribution is -0.113. The second kappa shape index (κ2) is 11.4. The van der Waals surface area contributed by atoms with Crippen molar-refractivity contribution in [1.29, 1.82) is 0 Å². The van der Waals surface area contributed by atoms with Gasteiger partial charge in [-0.1, -0.05) is 30.3 Å². The SMILES string of the molecule is CCOc1ccc(NC(=O)/C(=C/c2cccc(OC)c2OC)NC(=O)c2ccccc2)cc1. The van der Waals surface area contributed by atoms with E-state index in [1.54, 1.807) is 72.8 Å². The molecule has 0 aliphatic heterocycles. The average Bonchev–Trinajstić information content (AvgIpc) is 2.85. The maximum atomic E-state index is 13.2. The molecule has 7 nitrogen and oxygen atoms in total. The molecule has 0 aromatic heterocycles. The molecule has 0 aliphatic rings. The van der Waals surface area contributed by atoms with Gasteiger partial charge >= 0.3 is 0 Å². The lowest BCUT2D eigenvalue weighted by atomic mass is 10.1. The first-order valence-electron chi connectivity index (χ1n) is 10.4. The van der Waals surface area contributed by atoms with E-state index < -0.39 is 11.8 Å². The van der Waals surface area contributed by atoms with Crippen LogP contribution in [-0.2, 0) is 4.79 Å². The van der Waals surface area contributed by atoms with Gasteiger partial charge in [-0.05, 0) is 55.5 Å². The van der Waals surface area contributed by atoms with Gasteiger partial charge in [-0.15, -0.1) is 0 Å². The molecule has 170 valence electrons. The topological polar surface area (TPSA) is 85.9 Å². The fraction of sp³-hybridized carbons (Fsp3) is 0.154. The minimum absolute atomic E-state index is 0.0456. The molecule has 3 aromatic rings. The van der Waals surface area contributed by atoms with Crippen LogP contribution in [0.2, 0.25) is 0 Å². The van der Waals surface area contributed by atoms with E-state index in [2.05, 4.69) is 10.6 Å². The van der Waals surface area contributed by atoms with Crippen LogP contribution in [0.5, 0.6) is 17.2 Å². The van der Waals surface area contributed by atoms with Crippen LogP contribution in [0.3, 0.4) is 0 Å². The van der Waals surface area contributed by atoms with Gasteiger partial charge < -0.3 is 24.8 Å². The number of benzene rings is 3. The number of hydrogen-bond acceptors (Lipinski definition) is 5. The standard InChI is InChI=1S/C26H26N2O5/c1-4-33-21-15-13-20(14-16-21)27-26(30)22(28-25(29)18-9-6-5-7-10-18)17-19-11-8-12-23(31-2)24(19)32-3/h5-17H,4H2,1-3H3,(H,27,30)(H,28,29)/b22-17-. The smallest absolute Gasteiger partial charge is 0.272 e. The van der Waals surface area contributed by atoms with E-state index in [4.69, 9.17) is 14.2 Å². The monoisotopic (exact) mass is 446 g/mol. The first-order valence-corrected chi connectivity index (χ1v) is 10.4. The summed E-state index contributed by atoms with van der Waals surface area (Å²) in [6, 6.07) is 20.9. The van der Waals surface area contributed by atoms with Gasteiger partial charge in [0.25, 0.3) is 11.8 Å². The van der Waals surface area contributed by atoms with Gasteiger partial charge in [-0.25, -0.2) is 0 Å². The van der Waals surface area contributed by atoms with Crippen molar-refractivity contribution in [3.63, 3.8) is 0 Å². The molecule has 3 rings (SSSR count). The molecule has 0 unspecified atom stereocenters. The highest BCUT2D eigenvalue weighted by Crippen LogP contribution is 2.32. The number of amides is 2. The molecule has 0 spiro atoms. The second-order valence-electron chi connectivity index (χ2n) is 6.87. The summed E-state index contributed by atoms with van der Waals surface area (Å²) in [5.74, 6) is 0.746. The minimum Gasteiger partial charge on any atom is -0.494 e. The Morgan fingerprint density at radius 3 is 2.24 bits per heavy atom. The third-order valence-electron chi connectivity index (χ3n) is 4.69. The van der Waals surface area contributed by atoms with Crippen molar-refractivity contribution in [2.45, 2.75) is 6.92 Å². The number of ether oxygens (including phenoxy) is 3. The van der Waals surface area contributed by atoms with Gasteiger partial charge in [0.1, 0.15) is 11.4 Å². The van der Waals surface area contributed by atoms with Gasteiger partial charge in [0.15, 0.2) is 11.5 Å².